The van der Waals surface area contributed by atoms with Gasteiger partial charge in [0.2, 0.25) is 8.32 Å². The summed E-state index contributed by atoms with van der Waals surface area (Å²) < 4.78 is 9.22. The molecule has 0 aliphatic carbocycles. The molecule has 0 bridgehead atoms. The lowest BCUT2D eigenvalue weighted by molar-refractivity contribution is 0.102. The molecule has 1 amide bonds. The summed E-state index contributed by atoms with van der Waals surface area (Å²) in [7, 11) is -2.01. The predicted molar refractivity (Wildman–Crippen MR) is 157 cm³/mol. The van der Waals surface area contributed by atoms with E-state index in [-0.39, 0.29) is 10.9 Å². The highest BCUT2D eigenvalue weighted by Crippen LogP contribution is 2.38. The maximum atomic E-state index is 13.4. The topological polar surface area (TPSA) is 81.9 Å². The minimum atomic E-state index is -2.01. The number of rotatable bonds is 6. The van der Waals surface area contributed by atoms with Crippen LogP contribution in [0.1, 0.15) is 37.0 Å². The van der Waals surface area contributed by atoms with Gasteiger partial charge in [0.05, 0.1) is 21.4 Å². The summed E-state index contributed by atoms with van der Waals surface area (Å²) in [6.45, 7) is 12.9. The van der Waals surface area contributed by atoms with Gasteiger partial charge in [0.15, 0.2) is 11.5 Å². The van der Waals surface area contributed by atoms with E-state index < -0.39 is 8.32 Å². The van der Waals surface area contributed by atoms with Crippen LogP contribution in [0.25, 0.3) is 27.3 Å². The highest BCUT2D eigenvalue weighted by Gasteiger charge is 2.39. The Morgan fingerprint density at radius 3 is 2.58 bits per heavy atom. The quantitative estimate of drug-likeness (QED) is 0.225. The largest absolute Gasteiger partial charge is 0.543 e. The lowest BCUT2D eigenvalue weighted by atomic mass is 10.1. The smallest absolute Gasteiger partial charge is 0.276 e. The van der Waals surface area contributed by atoms with E-state index in [4.69, 9.17) is 4.43 Å². The second-order valence-electron chi connectivity index (χ2n) is 10.8. The number of anilines is 1. The molecule has 9 heteroatoms. The third-order valence-electron chi connectivity index (χ3n) is 6.93. The molecule has 0 spiro atoms. The minimum absolute atomic E-state index is 0.0709. The fourth-order valence-electron chi connectivity index (χ4n) is 3.81. The number of aromatic nitrogens is 4. The van der Waals surface area contributed by atoms with Crippen molar-refractivity contribution in [3.8, 4) is 22.8 Å². The summed E-state index contributed by atoms with van der Waals surface area (Å²) in [6, 6.07) is 21.2. The Bertz CT molecular complexity index is 1630. The number of hydrogen-bond acceptors (Lipinski definition) is 6. The molecule has 194 valence electrons. The first-order chi connectivity index (χ1) is 18.0. The van der Waals surface area contributed by atoms with E-state index in [1.165, 1.54) is 0 Å². The first kappa shape index (κ1) is 25.8. The third-order valence-corrected chi connectivity index (χ3v) is 12.1. The number of fused-ring (bicyclic) bond motifs is 1. The van der Waals surface area contributed by atoms with Crippen molar-refractivity contribution in [2.24, 2.45) is 0 Å². The standard InChI is InChI=1S/C29H31N5O2SSi/c1-19-9-7-12-27(31-19)34-25(20-13-14-23-26(15-20)37-18-30-23)17-24(33-34)28(35)32-21-10-8-11-22(16-21)36-38(5,6)29(2,3)4/h7-18H,1-6H3,(H,32,35). The molecule has 38 heavy (non-hydrogen) atoms. The zero-order valence-corrected chi connectivity index (χ0v) is 24.3. The number of thiazole rings is 1. The Morgan fingerprint density at radius 2 is 1.82 bits per heavy atom. The Balaban J connectivity index is 1.48. The molecule has 3 heterocycles. The van der Waals surface area contributed by atoms with E-state index in [0.717, 1.165) is 32.9 Å². The Labute approximate surface area is 227 Å². The second-order valence-corrected chi connectivity index (χ2v) is 16.5. The fraction of sp³-hybridized carbons (Fsp3) is 0.241. The van der Waals surface area contributed by atoms with Gasteiger partial charge in [-0.15, -0.1) is 11.3 Å². The van der Waals surface area contributed by atoms with Crippen LogP contribution in [-0.4, -0.2) is 34.0 Å². The third kappa shape index (κ3) is 5.25. The number of benzene rings is 2. The van der Waals surface area contributed by atoms with Crippen molar-refractivity contribution in [1.29, 1.82) is 0 Å². The van der Waals surface area contributed by atoms with Gasteiger partial charge in [-0.1, -0.05) is 39.0 Å². The van der Waals surface area contributed by atoms with Crippen LogP contribution in [0.2, 0.25) is 18.1 Å². The summed E-state index contributed by atoms with van der Waals surface area (Å²) in [6.07, 6.45) is 0. The minimum Gasteiger partial charge on any atom is -0.543 e. The molecule has 0 aliphatic heterocycles. The molecule has 0 unspecified atom stereocenters. The summed E-state index contributed by atoms with van der Waals surface area (Å²) in [5, 5.41) is 7.75. The van der Waals surface area contributed by atoms with Gasteiger partial charge >= 0.3 is 0 Å². The number of pyridine rings is 1. The first-order valence-corrected chi connectivity index (χ1v) is 16.3. The van der Waals surface area contributed by atoms with Crippen LogP contribution >= 0.6 is 11.3 Å². The maximum Gasteiger partial charge on any atom is 0.276 e. The van der Waals surface area contributed by atoms with E-state index in [2.05, 4.69) is 60.3 Å². The molecule has 0 fully saturated rings. The molecular weight excluding hydrogens is 511 g/mol. The monoisotopic (exact) mass is 541 g/mol. The van der Waals surface area contributed by atoms with Crippen LogP contribution in [-0.2, 0) is 0 Å². The number of carbonyl (C=O) groups is 1. The average Bonchev–Trinajstić information content (AvgIpc) is 3.50. The highest BCUT2D eigenvalue weighted by molar-refractivity contribution is 7.16. The molecule has 5 aromatic rings. The van der Waals surface area contributed by atoms with Gasteiger partial charge in [0.25, 0.3) is 5.91 Å². The van der Waals surface area contributed by atoms with Gasteiger partial charge in [-0.05, 0) is 67.5 Å². The molecule has 7 nitrogen and oxygen atoms in total. The van der Waals surface area contributed by atoms with Crippen molar-refractivity contribution < 1.29 is 9.22 Å². The Hall–Kier alpha value is -3.82. The van der Waals surface area contributed by atoms with Gasteiger partial charge in [-0.3, -0.25) is 4.79 Å². The lowest BCUT2D eigenvalue weighted by Crippen LogP contribution is -2.43. The Kier molecular flexibility index (Phi) is 6.66. The normalized spacial score (nSPS) is 12.1. The molecule has 5 rings (SSSR count). The predicted octanol–water partition coefficient (Wildman–Crippen LogP) is 7.49. The molecule has 0 radical (unpaired) electrons. The van der Waals surface area contributed by atoms with Crippen LogP contribution in [0, 0.1) is 6.92 Å². The van der Waals surface area contributed by atoms with Crippen molar-refractivity contribution in [3.63, 3.8) is 0 Å². The van der Waals surface area contributed by atoms with E-state index >= 15 is 0 Å². The average molecular weight is 542 g/mol. The number of nitrogens with zero attached hydrogens (tertiary/aromatic N) is 4. The zero-order chi connectivity index (χ0) is 27.1. The van der Waals surface area contributed by atoms with Crippen LogP contribution in [0.4, 0.5) is 5.69 Å². The maximum absolute atomic E-state index is 13.4. The fourth-order valence-corrected chi connectivity index (χ4v) is 5.55. The summed E-state index contributed by atoms with van der Waals surface area (Å²) >= 11 is 1.58. The lowest BCUT2D eigenvalue weighted by Gasteiger charge is -2.36. The van der Waals surface area contributed by atoms with Gasteiger partial charge in [-0.25, -0.2) is 14.6 Å². The van der Waals surface area contributed by atoms with Crippen molar-refractivity contribution in [3.05, 3.63) is 83.6 Å². The number of hydrogen-bond donors (Lipinski definition) is 1. The number of carbonyl (C=O) groups excluding carboxylic acids is 1. The van der Waals surface area contributed by atoms with E-state index in [0.29, 0.717) is 17.2 Å². The van der Waals surface area contributed by atoms with Crippen LogP contribution in [0.15, 0.2) is 72.2 Å². The van der Waals surface area contributed by atoms with E-state index in [1.807, 2.05) is 67.0 Å². The number of nitrogens with one attached hydrogen (secondary N) is 1. The van der Waals surface area contributed by atoms with Gasteiger partial charge in [0.1, 0.15) is 5.75 Å². The highest BCUT2D eigenvalue weighted by atomic mass is 32.1. The van der Waals surface area contributed by atoms with E-state index in [9.17, 15) is 4.79 Å². The molecule has 0 saturated carbocycles. The van der Waals surface area contributed by atoms with Crippen molar-refractivity contribution in [1.82, 2.24) is 19.7 Å². The van der Waals surface area contributed by atoms with Crippen molar-refractivity contribution >= 4 is 41.5 Å². The summed E-state index contributed by atoms with van der Waals surface area (Å²) in [5.41, 5.74) is 6.29. The van der Waals surface area contributed by atoms with Crippen molar-refractivity contribution in [2.45, 2.75) is 45.8 Å². The molecule has 0 aliphatic rings. The number of aryl methyl sites for hydroxylation is 1. The molecule has 0 saturated heterocycles. The molecule has 0 atom stereocenters. The van der Waals surface area contributed by atoms with Crippen LogP contribution in [0.5, 0.6) is 5.75 Å². The molecular formula is C29H31N5O2SSi. The van der Waals surface area contributed by atoms with Crippen molar-refractivity contribution in [2.75, 3.05) is 5.32 Å². The number of amides is 1. The molecule has 2 aromatic carbocycles. The van der Waals surface area contributed by atoms with Gasteiger partial charge < -0.3 is 9.74 Å². The molecule has 1 N–H and O–H groups in total. The van der Waals surface area contributed by atoms with Crippen LogP contribution < -0.4 is 9.74 Å². The zero-order valence-electron chi connectivity index (χ0n) is 22.4. The summed E-state index contributed by atoms with van der Waals surface area (Å²) in [5.74, 6) is 1.09. The first-order valence-electron chi connectivity index (χ1n) is 12.5. The van der Waals surface area contributed by atoms with Gasteiger partial charge in [0, 0.05) is 23.0 Å². The van der Waals surface area contributed by atoms with E-state index in [1.54, 1.807) is 22.1 Å². The van der Waals surface area contributed by atoms with Gasteiger partial charge in [-0.2, -0.15) is 5.10 Å². The van der Waals surface area contributed by atoms with Crippen LogP contribution in [0.3, 0.4) is 0 Å². The molecule has 3 aromatic heterocycles. The Morgan fingerprint density at radius 1 is 1.03 bits per heavy atom. The SMILES string of the molecule is Cc1cccc(-n2nc(C(=O)Nc3cccc(O[Si](C)(C)C(C)(C)C)c3)cc2-c2ccc3ncsc3c2)n1. The summed E-state index contributed by atoms with van der Waals surface area (Å²) in [4.78, 5) is 22.4. The second kappa shape index (κ2) is 9.81.